The number of hydrogen-bond acceptors (Lipinski definition) is 6. The van der Waals surface area contributed by atoms with Gasteiger partial charge in [0.05, 0.1) is 28.0 Å². The van der Waals surface area contributed by atoms with Crippen molar-refractivity contribution in [3.63, 3.8) is 0 Å². The Kier molecular flexibility index (Phi) is 4.57. The summed E-state index contributed by atoms with van der Waals surface area (Å²) < 4.78 is 7.58. The summed E-state index contributed by atoms with van der Waals surface area (Å²) in [6.45, 7) is 6.61. The van der Waals surface area contributed by atoms with Crippen molar-refractivity contribution in [1.82, 2.24) is 4.57 Å². The monoisotopic (exact) mass is 401 g/mol. The quantitative estimate of drug-likeness (QED) is 0.619. The minimum absolute atomic E-state index is 0.0825. The van der Waals surface area contributed by atoms with Gasteiger partial charge in [0.15, 0.2) is 0 Å². The fourth-order valence-electron chi connectivity index (χ4n) is 4.38. The first-order valence-electron chi connectivity index (χ1n) is 9.69. The highest BCUT2D eigenvalue weighted by Gasteiger charge is 2.34. The van der Waals surface area contributed by atoms with Gasteiger partial charge in [0.25, 0.3) is 5.69 Å². The number of anilines is 1. The number of benzene rings is 1. The maximum atomic E-state index is 12.8. The van der Waals surface area contributed by atoms with Gasteiger partial charge in [-0.25, -0.2) is 4.79 Å². The maximum absolute atomic E-state index is 12.8. The first-order valence-corrected chi connectivity index (χ1v) is 9.69. The summed E-state index contributed by atoms with van der Waals surface area (Å²) in [7, 11) is 0. The molecule has 2 fully saturated rings. The highest BCUT2D eigenvalue weighted by Crippen LogP contribution is 2.42. The number of carboxylic acids is 1. The third-order valence-corrected chi connectivity index (χ3v) is 5.61. The van der Waals surface area contributed by atoms with Gasteiger partial charge in [0.1, 0.15) is 11.3 Å². The van der Waals surface area contributed by atoms with Gasteiger partial charge in [-0.2, -0.15) is 0 Å². The Bertz CT molecular complexity index is 1080. The number of nitro groups is 1. The van der Waals surface area contributed by atoms with Crippen LogP contribution >= 0.6 is 0 Å². The number of aryl methyl sites for hydroxylation is 1. The van der Waals surface area contributed by atoms with E-state index in [1.165, 1.54) is 12.3 Å². The number of pyridine rings is 1. The van der Waals surface area contributed by atoms with Crippen molar-refractivity contribution in [3.05, 3.63) is 43.7 Å². The van der Waals surface area contributed by atoms with E-state index in [9.17, 15) is 24.8 Å². The van der Waals surface area contributed by atoms with Crippen LogP contribution in [0.25, 0.3) is 10.9 Å². The molecule has 0 bridgehead atoms. The molecule has 29 heavy (non-hydrogen) atoms. The Morgan fingerprint density at radius 2 is 1.90 bits per heavy atom. The van der Waals surface area contributed by atoms with Crippen LogP contribution in [0.2, 0.25) is 0 Å². The molecule has 2 heterocycles. The highest BCUT2D eigenvalue weighted by molar-refractivity contribution is 5.97. The van der Waals surface area contributed by atoms with E-state index in [0.29, 0.717) is 29.9 Å². The predicted octanol–water partition coefficient (Wildman–Crippen LogP) is 2.86. The lowest BCUT2D eigenvalue weighted by Crippen LogP contribution is -2.46. The van der Waals surface area contributed by atoms with Crippen LogP contribution in [0.1, 0.15) is 48.7 Å². The van der Waals surface area contributed by atoms with Gasteiger partial charge in [-0.3, -0.25) is 14.9 Å². The van der Waals surface area contributed by atoms with E-state index >= 15 is 0 Å². The fraction of sp³-hybridized carbons (Fsp3) is 0.500. The topological polar surface area (TPSA) is 115 Å². The molecule has 1 aromatic carbocycles. The van der Waals surface area contributed by atoms with E-state index in [2.05, 4.69) is 0 Å². The number of carboxylic acid groups (broad SMARTS) is 1. The molecule has 0 unspecified atom stereocenters. The van der Waals surface area contributed by atoms with Gasteiger partial charge in [-0.1, -0.05) is 0 Å². The number of carbonyl (C=O) groups is 1. The molecule has 1 aromatic heterocycles. The molecule has 2 aliphatic rings. The minimum Gasteiger partial charge on any atom is -0.477 e. The lowest BCUT2D eigenvalue weighted by molar-refractivity contribution is -0.384. The summed E-state index contributed by atoms with van der Waals surface area (Å²) in [4.78, 5) is 37.8. The Hall–Kier alpha value is -2.94. The van der Waals surface area contributed by atoms with Crippen LogP contribution in [0, 0.1) is 17.0 Å². The third kappa shape index (κ3) is 3.25. The van der Waals surface area contributed by atoms with Gasteiger partial charge in [0.2, 0.25) is 5.43 Å². The Balaban J connectivity index is 2.05. The molecule has 2 aromatic rings. The molecule has 1 saturated heterocycles. The molecule has 154 valence electrons. The zero-order valence-electron chi connectivity index (χ0n) is 16.5. The zero-order valence-corrected chi connectivity index (χ0v) is 16.5. The molecule has 1 saturated carbocycles. The molecule has 9 nitrogen and oxygen atoms in total. The molecule has 0 spiro atoms. The second kappa shape index (κ2) is 6.84. The summed E-state index contributed by atoms with van der Waals surface area (Å²) in [5, 5.41) is 21.4. The molecule has 0 radical (unpaired) electrons. The van der Waals surface area contributed by atoms with Gasteiger partial charge in [0, 0.05) is 37.0 Å². The number of fused-ring (bicyclic) bond motifs is 1. The SMILES string of the molecule is Cc1c(N2C[C@@H](C)O[C@@H](C)C2)c([N+](=O)[O-])cc2c(=O)c(C(=O)O)cn(C3CC3)c12. The van der Waals surface area contributed by atoms with Crippen molar-refractivity contribution in [2.24, 2.45) is 0 Å². The first kappa shape index (κ1) is 19.4. The molecular formula is C20H23N3O6. The van der Waals surface area contributed by atoms with Crippen molar-refractivity contribution in [2.45, 2.75) is 51.9 Å². The summed E-state index contributed by atoms with van der Waals surface area (Å²) in [5.41, 5.74) is 0.441. The average Bonchev–Trinajstić information content (AvgIpc) is 3.45. The summed E-state index contributed by atoms with van der Waals surface area (Å²) >= 11 is 0. The number of morpholine rings is 1. The van der Waals surface area contributed by atoms with Crippen LogP contribution in [0.15, 0.2) is 17.1 Å². The number of rotatable bonds is 4. The van der Waals surface area contributed by atoms with Gasteiger partial charge in [-0.15, -0.1) is 0 Å². The Morgan fingerprint density at radius 3 is 2.41 bits per heavy atom. The number of aromatic nitrogens is 1. The van der Waals surface area contributed by atoms with Crippen molar-refractivity contribution in [2.75, 3.05) is 18.0 Å². The molecule has 9 heteroatoms. The van der Waals surface area contributed by atoms with Crippen molar-refractivity contribution in [3.8, 4) is 0 Å². The average molecular weight is 401 g/mol. The van der Waals surface area contributed by atoms with Gasteiger partial charge < -0.3 is 19.3 Å². The molecule has 4 rings (SSSR count). The lowest BCUT2D eigenvalue weighted by atomic mass is 10.0. The number of aromatic carboxylic acids is 1. The predicted molar refractivity (Wildman–Crippen MR) is 107 cm³/mol. The van der Waals surface area contributed by atoms with Crippen molar-refractivity contribution >= 4 is 28.2 Å². The summed E-state index contributed by atoms with van der Waals surface area (Å²) in [6, 6.07) is 1.35. The first-order chi connectivity index (χ1) is 13.7. The van der Waals surface area contributed by atoms with E-state index in [-0.39, 0.29) is 34.9 Å². The van der Waals surface area contributed by atoms with E-state index in [1.54, 1.807) is 6.92 Å². The third-order valence-electron chi connectivity index (χ3n) is 5.61. The number of nitro benzene ring substituents is 1. The largest absolute Gasteiger partial charge is 0.477 e. The maximum Gasteiger partial charge on any atom is 0.341 e. The van der Waals surface area contributed by atoms with E-state index in [4.69, 9.17) is 4.74 Å². The number of ether oxygens (including phenoxy) is 1. The van der Waals surface area contributed by atoms with Crippen LogP contribution in [-0.4, -0.2) is 45.9 Å². The molecule has 0 amide bonds. The van der Waals surface area contributed by atoms with Crippen LogP contribution in [0.3, 0.4) is 0 Å². The van der Waals surface area contributed by atoms with Crippen LogP contribution in [-0.2, 0) is 4.74 Å². The summed E-state index contributed by atoms with van der Waals surface area (Å²) in [5.74, 6) is -1.33. The molecule has 1 aliphatic heterocycles. The van der Waals surface area contributed by atoms with Gasteiger partial charge in [-0.05, 0) is 33.6 Å². The number of hydrogen-bond donors (Lipinski definition) is 1. The van der Waals surface area contributed by atoms with Crippen LogP contribution in [0.4, 0.5) is 11.4 Å². The second-order valence-corrected chi connectivity index (χ2v) is 8.00. The van der Waals surface area contributed by atoms with Crippen LogP contribution < -0.4 is 10.3 Å². The zero-order chi connectivity index (χ0) is 21.0. The summed E-state index contributed by atoms with van der Waals surface area (Å²) in [6.07, 6.45) is 2.97. The van der Waals surface area contributed by atoms with E-state index < -0.39 is 16.3 Å². The normalized spacial score (nSPS) is 22.1. The minimum atomic E-state index is -1.33. The molecule has 2 atom stereocenters. The van der Waals surface area contributed by atoms with Crippen molar-refractivity contribution < 1.29 is 19.6 Å². The Morgan fingerprint density at radius 1 is 1.28 bits per heavy atom. The molecular weight excluding hydrogens is 378 g/mol. The van der Waals surface area contributed by atoms with Gasteiger partial charge >= 0.3 is 5.97 Å². The fourth-order valence-corrected chi connectivity index (χ4v) is 4.38. The standard InChI is InChI=1S/C20H23N3O6/c1-10-7-21(8-11(2)29-10)18-12(3)17-14(6-16(18)23(27)28)19(24)15(20(25)26)9-22(17)13-4-5-13/h6,9-11,13H,4-5,7-8H2,1-3H3,(H,25,26)/t10-,11+. The second-order valence-electron chi connectivity index (χ2n) is 8.00. The van der Waals surface area contributed by atoms with Crippen LogP contribution in [0.5, 0.6) is 0 Å². The molecule has 1 aliphatic carbocycles. The Labute approximate surface area is 166 Å². The lowest BCUT2D eigenvalue weighted by Gasteiger charge is -2.37. The number of nitrogens with zero attached hydrogens (tertiary/aromatic N) is 3. The molecule has 1 N–H and O–H groups in total. The van der Waals surface area contributed by atoms with Crippen molar-refractivity contribution in [1.29, 1.82) is 0 Å². The highest BCUT2D eigenvalue weighted by atomic mass is 16.6. The van der Waals surface area contributed by atoms with E-state index in [1.807, 2.05) is 23.3 Å². The smallest absolute Gasteiger partial charge is 0.341 e. The van der Waals surface area contributed by atoms with E-state index in [0.717, 1.165) is 12.8 Å².